The average molecular weight is 366 g/mol. The van der Waals surface area contributed by atoms with Crippen LogP contribution in [0.2, 0.25) is 0 Å². The summed E-state index contributed by atoms with van der Waals surface area (Å²) in [5.74, 6) is 1.13. The molecule has 0 atom stereocenters. The molecule has 5 heteroatoms. The van der Waals surface area contributed by atoms with Crippen LogP contribution < -0.4 is 9.64 Å². The Morgan fingerprint density at radius 2 is 1.46 bits per heavy atom. The van der Waals surface area contributed by atoms with Crippen molar-refractivity contribution in [3.63, 3.8) is 0 Å². The highest BCUT2D eigenvalue weighted by Gasteiger charge is 2.05. The van der Waals surface area contributed by atoms with Gasteiger partial charge in [0.1, 0.15) is 23.6 Å². The summed E-state index contributed by atoms with van der Waals surface area (Å²) in [6, 6.07) is 24.3. The molecule has 136 valence electrons. The van der Waals surface area contributed by atoms with Gasteiger partial charge in [-0.25, -0.2) is 0 Å². The summed E-state index contributed by atoms with van der Waals surface area (Å²) in [7, 11) is 4.01. The third-order valence-corrected chi connectivity index (χ3v) is 4.08. The topological polar surface area (TPSA) is 72.4 Å². The molecule has 0 radical (unpaired) electrons. The molecule has 0 saturated carbocycles. The van der Waals surface area contributed by atoms with Crippen LogP contribution in [-0.2, 0) is 0 Å². The number of rotatable bonds is 5. The first kappa shape index (κ1) is 18.7. The molecular weight excluding hydrogens is 348 g/mol. The number of anilines is 1. The van der Waals surface area contributed by atoms with Crippen molar-refractivity contribution >= 4 is 17.6 Å². The lowest BCUT2D eigenvalue weighted by molar-refractivity contribution is 0.482. The van der Waals surface area contributed by atoms with Crippen LogP contribution >= 0.6 is 0 Å². The molecule has 3 aromatic carbocycles. The lowest BCUT2D eigenvalue weighted by Crippen LogP contribution is -2.08. The van der Waals surface area contributed by atoms with Crippen LogP contribution in [0.4, 0.5) is 11.4 Å². The number of benzene rings is 3. The Labute approximate surface area is 164 Å². The first-order valence-corrected chi connectivity index (χ1v) is 8.62. The highest BCUT2D eigenvalue weighted by atomic mass is 16.5. The Balaban J connectivity index is 1.68. The summed E-state index contributed by atoms with van der Waals surface area (Å²) in [5, 5.41) is 18.1. The monoisotopic (exact) mass is 366 g/mol. The number of aliphatic imine (C=N–C) groups is 1. The number of hydrogen-bond acceptors (Lipinski definition) is 5. The van der Waals surface area contributed by atoms with E-state index < -0.39 is 0 Å². The fourth-order valence-electron chi connectivity index (χ4n) is 2.52. The van der Waals surface area contributed by atoms with Crippen LogP contribution in [0.25, 0.3) is 0 Å². The van der Waals surface area contributed by atoms with Gasteiger partial charge in [-0.3, -0.25) is 4.99 Å². The van der Waals surface area contributed by atoms with E-state index in [1.54, 1.807) is 18.2 Å². The molecule has 0 aromatic heterocycles. The molecule has 0 aliphatic heterocycles. The summed E-state index contributed by atoms with van der Waals surface area (Å²) in [5.41, 5.74) is 3.59. The number of nitriles is 2. The van der Waals surface area contributed by atoms with Crippen molar-refractivity contribution in [2.45, 2.75) is 0 Å². The largest absolute Gasteiger partial charge is 0.457 e. The van der Waals surface area contributed by atoms with Crippen LogP contribution in [0.15, 0.2) is 71.7 Å². The SMILES string of the molecule is CN(C)c1ccc(C=Nc2ccc(Oc3ccc(C#N)c(C#N)c3)cc2)cc1. The van der Waals surface area contributed by atoms with Crippen molar-refractivity contribution in [3.05, 3.63) is 83.4 Å². The fourth-order valence-corrected chi connectivity index (χ4v) is 2.52. The van der Waals surface area contributed by atoms with Crippen molar-refractivity contribution < 1.29 is 4.74 Å². The third kappa shape index (κ3) is 4.55. The maximum absolute atomic E-state index is 9.10. The van der Waals surface area contributed by atoms with E-state index in [0.29, 0.717) is 22.6 Å². The van der Waals surface area contributed by atoms with Gasteiger partial charge in [-0.2, -0.15) is 10.5 Å². The van der Waals surface area contributed by atoms with Gasteiger partial charge in [0.25, 0.3) is 0 Å². The fraction of sp³-hybridized carbons (Fsp3) is 0.0870. The third-order valence-electron chi connectivity index (χ3n) is 4.08. The predicted molar refractivity (Wildman–Crippen MR) is 110 cm³/mol. The Morgan fingerprint density at radius 1 is 0.821 bits per heavy atom. The van der Waals surface area contributed by atoms with Gasteiger partial charge < -0.3 is 9.64 Å². The van der Waals surface area contributed by atoms with Crippen LogP contribution in [0.3, 0.4) is 0 Å². The normalized spacial score (nSPS) is 10.3. The minimum Gasteiger partial charge on any atom is -0.457 e. The maximum Gasteiger partial charge on any atom is 0.128 e. The second-order valence-corrected chi connectivity index (χ2v) is 6.27. The zero-order valence-corrected chi connectivity index (χ0v) is 15.6. The van der Waals surface area contributed by atoms with Crippen LogP contribution in [0.5, 0.6) is 11.5 Å². The number of ether oxygens (including phenoxy) is 1. The summed E-state index contributed by atoms with van der Waals surface area (Å²) in [4.78, 5) is 6.52. The quantitative estimate of drug-likeness (QED) is 0.593. The minimum atomic E-state index is 0.293. The molecular formula is C23H18N4O. The molecule has 0 aliphatic carbocycles. The van der Waals surface area contributed by atoms with Crippen molar-refractivity contribution in [1.82, 2.24) is 0 Å². The van der Waals surface area contributed by atoms with Gasteiger partial charge in [0.05, 0.1) is 16.8 Å². The zero-order chi connectivity index (χ0) is 19.9. The summed E-state index contributed by atoms with van der Waals surface area (Å²) >= 11 is 0. The Bertz CT molecular complexity index is 1070. The zero-order valence-electron chi connectivity index (χ0n) is 15.6. The molecule has 0 spiro atoms. The van der Waals surface area contributed by atoms with E-state index in [1.807, 2.05) is 85.9 Å². The standard InChI is InChI=1S/C23H18N4O/c1-27(2)21-8-3-17(4-9-21)16-26-20-6-11-22(12-7-20)28-23-10-5-18(14-24)19(13-23)15-25/h3-13,16H,1-2H3. The van der Waals surface area contributed by atoms with Gasteiger partial charge >= 0.3 is 0 Å². The lowest BCUT2D eigenvalue weighted by Gasteiger charge is -2.11. The number of nitrogens with zero attached hydrogens (tertiary/aromatic N) is 4. The average Bonchev–Trinajstić information content (AvgIpc) is 2.73. The highest BCUT2D eigenvalue weighted by Crippen LogP contribution is 2.26. The molecule has 3 aromatic rings. The number of hydrogen-bond donors (Lipinski definition) is 0. The molecule has 0 bridgehead atoms. The molecule has 28 heavy (non-hydrogen) atoms. The molecule has 3 rings (SSSR count). The smallest absolute Gasteiger partial charge is 0.128 e. The van der Waals surface area contributed by atoms with E-state index in [4.69, 9.17) is 15.3 Å². The van der Waals surface area contributed by atoms with Gasteiger partial charge in [-0.1, -0.05) is 12.1 Å². The Morgan fingerprint density at radius 3 is 2.07 bits per heavy atom. The van der Waals surface area contributed by atoms with E-state index >= 15 is 0 Å². The van der Waals surface area contributed by atoms with Crippen molar-refractivity contribution in [1.29, 1.82) is 10.5 Å². The van der Waals surface area contributed by atoms with Gasteiger partial charge in [-0.05, 0) is 60.2 Å². The summed E-state index contributed by atoms with van der Waals surface area (Å²) < 4.78 is 5.76. The molecule has 0 fully saturated rings. The second kappa shape index (κ2) is 8.53. The molecule has 0 heterocycles. The first-order chi connectivity index (χ1) is 13.6. The Kier molecular flexibility index (Phi) is 5.69. The van der Waals surface area contributed by atoms with Crippen LogP contribution in [0.1, 0.15) is 16.7 Å². The summed E-state index contributed by atoms with van der Waals surface area (Å²) in [6.07, 6.45) is 1.81. The summed E-state index contributed by atoms with van der Waals surface area (Å²) in [6.45, 7) is 0. The van der Waals surface area contributed by atoms with Gasteiger partial charge in [-0.15, -0.1) is 0 Å². The first-order valence-electron chi connectivity index (χ1n) is 8.62. The van der Waals surface area contributed by atoms with Crippen LogP contribution in [-0.4, -0.2) is 20.3 Å². The van der Waals surface area contributed by atoms with Crippen molar-refractivity contribution in [2.75, 3.05) is 19.0 Å². The molecule has 0 saturated heterocycles. The molecule has 0 amide bonds. The van der Waals surface area contributed by atoms with Gasteiger partial charge in [0.2, 0.25) is 0 Å². The van der Waals surface area contributed by atoms with Crippen molar-refractivity contribution in [2.24, 2.45) is 4.99 Å². The molecule has 0 N–H and O–H groups in total. The van der Waals surface area contributed by atoms with E-state index in [2.05, 4.69) is 4.99 Å². The maximum atomic E-state index is 9.10. The molecule has 0 unspecified atom stereocenters. The highest BCUT2D eigenvalue weighted by molar-refractivity contribution is 5.82. The molecule has 0 aliphatic rings. The minimum absolute atomic E-state index is 0.293. The van der Waals surface area contributed by atoms with E-state index in [9.17, 15) is 0 Å². The van der Waals surface area contributed by atoms with Crippen LogP contribution in [0, 0.1) is 22.7 Å². The van der Waals surface area contributed by atoms with E-state index in [-0.39, 0.29) is 0 Å². The predicted octanol–water partition coefficient (Wildman–Crippen LogP) is 5.04. The van der Waals surface area contributed by atoms with Crippen molar-refractivity contribution in [3.8, 4) is 23.6 Å². The van der Waals surface area contributed by atoms with E-state index in [0.717, 1.165) is 16.9 Å². The Hall–Kier alpha value is -4.09. The van der Waals surface area contributed by atoms with E-state index in [1.165, 1.54) is 0 Å². The van der Waals surface area contributed by atoms with Gasteiger partial charge in [0.15, 0.2) is 0 Å². The van der Waals surface area contributed by atoms with Gasteiger partial charge in [0, 0.05) is 26.0 Å². The molecule has 5 nitrogen and oxygen atoms in total. The second-order valence-electron chi connectivity index (χ2n) is 6.27. The lowest BCUT2D eigenvalue weighted by atomic mass is 10.1.